The highest BCUT2D eigenvalue weighted by Crippen LogP contribution is 2.44. The molecule has 0 saturated carbocycles. The van der Waals surface area contributed by atoms with Gasteiger partial charge in [0.05, 0.1) is 68.8 Å². The molecule has 2 aliphatic heterocycles. The summed E-state index contributed by atoms with van der Waals surface area (Å²) in [5.41, 5.74) is 3.85. The van der Waals surface area contributed by atoms with Crippen LogP contribution in [0.3, 0.4) is 0 Å². The van der Waals surface area contributed by atoms with Crippen molar-refractivity contribution in [2.24, 2.45) is 9.98 Å². The quantitative estimate of drug-likeness (QED) is 0.215. The number of hydrogen-bond donors (Lipinski definition) is 2. The molecule has 0 unspecified atom stereocenters. The Hall–Kier alpha value is -2.03. The lowest BCUT2D eigenvalue weighted by atomic mass is 10.0. The van der Waals surface area contributed by atoms with Gasteiger partial charge in [0.2, 0.25) is 0 Å². The van der Waals surface area contributed by atoms with E-state index in [9.17, 15) is 9.59 Å². The van der Waals surface area contributed by atoms with Crippen molar-refractivity contribution in [3.05, 3.63) is 86.2 Å². The number of fused-ring (bicyclic) bond motifs is 2. The highest BCUT2D eigenvalue weighted by atomic mass is 35.5. The lowest BCUT2D eigenvalue weighted by Gasteiger charge is -2.11. The van der Waals surface area contributed by atoms with Gasteiger partial charge in [-0.2, -0.15) is 0 Å². The van der Waals surface area contributed by atoms with Crippen molar-refractivity contribution in [1.29, 1.82) is 0 Å². The Balaban J connectivity index is 1.67. The molecule has 3 aromatic carbocycles. The molecule has 194 valence electrons. The van der Waals surface area contributed by atoms with Crippen LogP contribution in [-0.2, 0) is 0 Å². The van der Waals surface area contributed by atoms with Crippen LogP contribution in [0.25, 0.3) is 0 Å². The Labute approximate surface area is 251 Å². The molecular weight excluding hydrogens is 636 g/mol. The second-order valence-electron chi connectivity index (χ2n) is 8.58. The molecule has 6 nitrogen and oxygen atoms in total. The molecule has 3 aromatic rings. The van der Waals surface area contributed by atoms with Crippen molar-refractivity contribution in [2.75, 3.05) is 0 Å². The number of aryl methyl sites for hydroxylation is 2. The first kappa shape index (κ1) is 27.5. The van der Waals surface area contributed by atoms with Crippen LogP contribution in [0.5, 0.6) is 0 Å². The summed E-state index contributed by atoms with van der Waals surface area (Å²) in [4.78, 5) is 34.7. The van der Waals surface area contributed by atoms with Crippen LogP contribution < -0.4 is 10.6 Å². The maximum absolute atomic E-state index is 12.7. The molecule has 0 spiro atoms. The SMILES string of the molecule is Cc1cc(C)c(N=C2NC(=O)c3c(Cl)c(Cl)c(Cl)c(Cl)c32)cc1N=C1NC(=O)c2c(Cl)c(C)c(Cl)c(Cl)c21. The summed E-state index contributed by atoms with van der Waals surface area (Å²) >= 11 is 44.3. The summed E-state index contributed by atoms with van der Waals surface area (Å²) in [6, 6.07) is 3.55. The largest absolute Gasteiger partial charge is 0.306 e. The van der Waals surface area contributed by atoms with Crippen LogP contribution in [0.1, 0.15) is 48.5 Å². The fraction of sp³-hybridized carbons (Fsp3) is 0.120. The lowest BCUT2D eigenvalue weighted by molar-refractivity contribution is 0.0975. The van der Waals surface area contributed by atoms with Gasteiger partial charge in [0, 0.05) is 0 Å². The Morgan fingerprint density at radius 1 is 0.526 bits per heavy atom. The lowest BCUT2D eigenvalue weighted by Crippen LogP contribution is -2.21. The Morgan fingerprint density at radius 3 is 1.39 bits per heavy atom. The predicted molar refractivity (Wildman–Crippen MR) is 156 cm³/mol. The second-order valence-corrected chi connectivity index (χ2v) is 11.2. The van der Waals surface area contributed by atoms with Crippen LogP contribution in [0.15, 0.2) is 22.1 Å². The van der Waals surface area contributed by atoms with E-state index in [0.717, 1.165) is 11.1 Å². The van der Waals surface area contributed by atoms with Crippen LogP contribution in [0, 0.1) is 20.8 Å². The van der Waals surface area contributed by atoms with Gasteiger partial charge in [-0.3, -0.25) is 9.59 Å². The molecule has 2 aliphatic rings. The minimum Gasteiger partial charge on any atom is -0.306 e. The first-order chi connectivity index (χ1) is 17.8. The van der Waals surface area contributed by atoms with Gasteiger partial charge in [-0.25, -0.2) is 9.98 Å². The van der Waals surface area contributed by atoms with Crippen molar-refractivity contribution in [3.63, 3.8) is 0 Å². The molecule has 2 N–H and O–H groups in total. The van der Waals surface area contributed by atoms with E-state index in [2.05, 4.69) is 20.6 Å². The summed E-state index contributed by atoms with van der Waals surface area (Å²) in [6.45, 7) is 5.37. The number of halogens is 7. The summed E-state index contributed by atoms with van der Waals surface area (Å²) in [7, 11) is 0. The summed E-state index contributed by atoms with van der Waals surface area (Å²) in [5, 5.41) is 5.99. The molecule has 2 heterocycles. The number of nitrogens with one attached hydrogen (secondary N) is 2. The average molecular weight is 650 g/mol. The average Bonchev–Trinajstić information content (AvgIpc) is 3.37. The van der Waals surface area contributed by atoms with Gasteiger partial charge in [0.1, 0.15) is 11.7 Å². The third-order valence-electron chi connectivity index (χ3n) is 6.18. The standard InChI is InChI=1S/C25H13Cl7N4O2/c1-6-4-7(2)10(34-23-12-14(25(38)36-23)19(30)21(32)20(31)18(12)29)5-9(6)33-22-11-13(24(37)35-22)15(26)8(3)16(27)17(11)28/h4-5H,1-3H3,(H,33,35,37)(H,34,36,38). The number of carbonyl (C=O) groups excluding carboxylic acids is 2. The molecule has 5 rings (SSSR count). The van der Waals surface area contributed by atoms with E-state index in [0.29, 0.717) is 22.5 Å². The van der Waals surface area contributed by atoms with Crippen LogP contribution in [-0.4, -0.2) is 23.5 Å². The highest BCUT2D eigenvalue weighted by molar-refractivity contribution is 6.55. The summed E-state index contributed by atoms with van der Waals surface area (Å²) < 4.78 is 0. The first-order valence-electron chi connectivity index (χ1n) is 10.8. The number of rotatable bonds is 2. The minimum atomic E-state index is -0.515. The molecule has 0 bridgehead atoms. The van der Waals surface area contributed by atoms with Crippen LogP contribution in [0.4, 0.5) is 11.4 Å². The number of carbonyl (C=O) groups is 2. The van der Waals surface area contributed by atoms with Gasteiger partial charge in [0.15, 0.2) is 0 Å². The number of amides is 2. The van der Waals surface area contributed by atoms with Gasteiger partial charge < -0.3 is 10.6 Å². The fourth-order valence-corrected chi connectivity index (χ4v) is 6.09. The van der Waals surface area contributed by atoms with Gasteiger partial charge in [0.25, 0.3) is 11.8 Å². The van der Waals surface area contributed by atoms with E-state index < -0.39 is 11.8 Å². The third-order valence-corrected chi connectivity index (χ3v) is 9.40. The van der Waals surface area contributed by atoms with E-state index in [4.69, 9.17) is 81.2 Å². The molecule has 0 radical (unpaired) electrons. The molecular formula is C25H13Cl7N4O2. The van der Waals surface area contributed by atoms with Crippen molar-refractivity contribution >= 4 is 116 Å². The van der Waals surface area contributed by atoms with Gasteiger partial charge in [-0.1, -0.05) is 87.3 Å². The molecule has 0 aromatic heterocycles. The van der Waals surface area contributed by atoms with Crippen molar-refractivity contribution in [3.8, 4) is 0 Å². The van der Waals surface area contributed by atoms with Crippen molar-refractivity contribution in [2.45, 2.75) is 20.8 Å². The molecule has 13 heteroatoms. The zero-order valence-electron chi connectivity index (χ0n) is 19.5. The molecule has 0 aliphatic carbocycles. The Morgan fingerprint density at radius 2 is 0.921 bits per heavy atom. The summed E-state index contributed by atoms with van der Waals surface area (Å²) in [6.07, 6.45) is 0. The molecule has 2 amide bonds. The second kappa shape index (κ2) is 9.86. The smallest absolute Gasteiger partial charge is 0.259 e. The number of hydrogen-bond acceptors (Lipinski definition) is 4. The van der Waals surface area contributed by atoms with Gasteiger partial charge >= 0.3 is 0 Å². The maximum atomic E-state index is 12.7. The molecule has 0 fully saturated rings. The van der Waals surface area contributed by atoms with E-state index in [1.807, 2.05) is 19.9 Å². The van der Waals surface area contributed by atoms with E-state index in [1.165, 1.54) is 0 Å². The Bertz CT molecular complexity index is 1590. The molecule has 0 saturated heterocycles. The third kappa shape index (κ3) is 4.18. The minimum absolute atomic E-state index is 0.00841. The number of nitrogens with zero attached hydrogens (tertiary/aromatic N) is 2. The molecule has 0 atom stereocenters. The van der Waals surface area contributed by atoms with Crippen LogP contribution in [0.2, 0.25) is 35.2 Å². The maximum Gasteiger partial charge on any atom is 0.259 e. The van der Waals surface area contributed by atoms with Crippen LogP contribution >= 0.6 is 81.2 Å². The zero-order chi connectivity index (χ0) is 27.8. The fourth-order valence-electron chi connectivity index (χ4n) is 4.22. The van der Waals surface area contributed by atoms with E-state index >= 15 is 0 Å². The normalized spacial score (nSPS) is 16.3. The van der Waals surface area contributed by atoms with Crippen molar-refractivity contribution in [1.82, 2.24) is 10.6 Å². The first-order valence-corrected chi connectivity index (χ1v) is 13.4. The number of amidine groups is 2. The zero-order valence-corrected chi connectivity index (χ0v) is 24.8. The van der Waals surface area contributed by atoms with Crippen molar-refractivity contribution < 1.29 is 9.59 Å². The highest BCUT2D eigenvalue weighted by Gasteiger charge is 2.35. The monoisotopic (exact) mass is 646 g/mol. The molecule has 38 heavy (non-hydrogen) atoms. The number of aliphatic imine (C=N–C) groups is 2. The Kier molecular flexibility index (Phi) is 7.15. The number of benzene rings is 3. The summed E-state index contributed by atoms with van der Waals surface area (Å²) in [5.74, 6) is -0.612. The topological polar surface area (TPSA) is 82.9 Å². The predicted octanol–water partition coefficient (Wildman–Crippen LogP) is 8.83. The van der Waals surface area contributed by atoms with Gasteiger partial charge in [-0.05, 0) is 43.5 Å². The van der Waals surface area contributed by atoms with E-state index in [1.54, 1.807) is 13.0 Å². The van der Waals surface area contributed by atoms with E-state index in [-0.39, 0.29) is 63.5 Å². The van der Waals surface area contributed by atoms with Gasteiger partial charge in [-0.15, -0.1) is 0 Å².